The van der Waals surface area contributed by atoms with Crippen LogP contribution < -0.4 is 10.6 Å². The number of anilines is 3. The molecule has 0 spiro atoms. The van der Waals surface area contributed by atoms with Crippen molar-refractivity contribution in [2.75, 3.05) is 10.6 Å². The first-order valence-corrected chi connectivity index (χ1v) is 10.1. The molecule has 4 nitrogen and oxygen atoms in total. The van der Waals surface area contributed by atoms with E-state index in [0.29, 0.717) is 10.8 Å². The molecule has 30 heavy (non-hydrogen) atoms. The van der Waals surface area contributed by atoms with Crippen LogP contribution in [0, 0.1) is 11.6 Å². The van der Waals surface area contributed by atoms with Gasteiger partial charge in [-0.2, -0.15) is 0 Å². The number of amides is 1. The number of benzene rings is 3. The average molecular weight is 421 g/mol. The number of halogens is 2. The van der Waals surface area contributed by atoms with E-state index in [4.69, 9.17) is 0 Å². The van der Waals surface area contributed by atoms with Crippen LogP contribution in [0.4, 0.5) is 25.3 Å². The van der Waals surface area contributed by atoms with Crippen molar-refractivity contribution in [3.8, 4) is 11.3 Å². The summed E-state index contributed by atoms with van der Waals surface area (Å²) in [7, 11) is 0. The van der Waals surface area contributed by atoms with Gasteiger partial charge in [-0.15, -0.1) is 11.3 Å². The highest BCUT2D eigenvalue weighted by Crippen LogP contribution is 2.28. The smallest absolute Gasteiger partial charge is 0.228 e. The lowest BCUT2D eigenvalue weighted by Gasteiger charge is -2.06. The van der Waals surface area contributed by atoms with Gasteiger partial charge in [-0.1, -0.05) is 24.3 Å². The molecule has 2 N–H and O–H groups in total. The Labute approximate surface area is 176 Å². The predicted molar refractivity (Wildman–Crippen MR) is 116 cm³/mol. The summed E-state index contributed by atoms with van der Waals surface area (Å²) in [4.78, 5) is 16.7. The molecular weight excluding hydrogens is 404 g/mol. The summed E-state index contributed by atoms with van der Waals surface area (Å²) in [6.07, 6.45) is 0.173. The number of thiazole rings is 1. The van der Waals surface area contributed by atoms with Gasteiger partial charge in [0.15, 0.2) is 5.13 Å². The van der Waals surface area contributed by atoms with Gasteiger partial charge in [0.05, 0.1) is 12.1 Å². The van der Waals surface area contributed by atoms with Gasteiger partial charge in [-0.3, -0.25) is 4.79 Å². The number of rotatable bonds is 6. The van der Waals surface area contributed by atoms with Crippen molar-refractivity contribution in [2.45, 2.75) is 6.42 Å². The Bertz CT molecular complexity index is 1140. The Morgan fingerprint density at radius 3 is 2.10 bits per heavy atom. The fraction of sp³-hybridized carbons (Fsp3) is 0.0435. The first kappa shape index (κ1) is 19.7. The van der Waals surface area contributed by atoms with Crippen LogP contribution in [0.25, 0.3) is 11.3 Å². The van der Waals surface area contributed by atoms with Crippen LogP contribution in [-0.2, 0) is 11.2 Å². The van der Waals surface area contributed by atoms with Crippen LogP contribution >= 0.6 is 11.3 Å². The summed E-state index contributed by atoms with van der Waals surface area (Å²) in [6.45, 7) is 0. The van der Waals surface area contributed by atoms with Crippen LogP contribution in [0.5, 0.6) is 0 Å². The highest BCUT2D eigenvalue weighted by Gasteiger charge is 2.08. The third kappa shape index (κ3) is 5.07. The van der Waals surface area contributed by atoms with Crippen LogP contribution in [0.15, 0.2) is 78.2 Å². The zero-order valence-electron chi connectivity index (χ0n) is 15.7. The molecule has 1 amide bonds. The van der Waals surface area contributed by atoms with Crippen LogP contribution in [0.2, 0.25) is 0 Å². The molecule has 4 rings (SSSR count). The number of nitrogens with zero attached hydrogens (tertiary/aromatic N) is 1. The van der Waals surface area contributed by atoms with Gasteiger partial charge in [0.1, 0.15) is 11.6 Å². The van der Waals surface area contributed by atoms with E-state index in [0.717, 1.165) is 22.5 Å². The summed E-state index contributed by atoms with van der Waals surface area (Å²) in [5, 5.41) is 8.61. The molecule has 0 saturated heterocycles. The van der Waals surface area contributed by atoms with E-state index < -0.39 is 0 Å². The summed E-state index contributed by atoms with van der Waals surface area (Å²) in [6, 6.07) is 19.3. The second-order valence-corrected chi connectivity index (χ2v) is 7.46. The fourth-order valence-electron chi connectivity index (χ4n) is 2.84. The summed E-state index contributed by atoms with van der Waals surface area (Å²) >= 11 is 1.45. The second kappa shape index (κ2) is 8.84. The van der Waals surface area contributed by atoms with E-state index in [-0.39, 0.29) is 24.0 Å². The predicted octanol–water partition coefficient (Wildman–Crippen LogP) is 6.01. The molecule has 1 heterocycles. The fourth-order valence-corrected chi connectivity index (χ4v) is 3.58. The zero-order valence-corrected chi connectivity index (χ0v) is 16.5. The minimum absolute atomic E-state index is 0.172. The molecular formula is C23H17F2N3OS. The van der Waals surface area contributed by atoms with Gasteiger partial charge in [0.2, 0.25) is 5.91 Å². The van der Waals surface area contributed by atoms with Gasteiger partial charge in [-0.05, 0) is 54.1 Å². The Morgan fingerprint density at radius 2 is 1.43 bits per heavy atom. The number of hydrogen-bond acceptors (Lipinski definition) is 4. The maximum absolute atomic E-state index is 13.0. The van der Waals surface area contributed by atoms with Gasteiger partial charge >= 0.3 is 0 Å². The summed E-state index contributed by atoms with van der Waals surface area (Å²) < 4.78 is 26.0. The summed E-state index contributed by atoms with van der Waals surface area (Å²) in [5.74, 6) is -0.785. The molecule has 0 saturated carbocycles. The molecule has 3 aromatic carbocycles. The van der Waals surface area contributed by atoms with Crippen LogP contribution in [0.1, 0.15) is 5.56 Å². The van der Waals surface area contributed by atoms with Crippen molar-refractivity contribution >= 4 is 33.8 Å². The SMILES string of the molecule is O=C(Cc1ccc(F)cc1)Nc1ccc(-c2csc(Nc3ccc(F)cc3)n2)cc1. The molecule has 4 aromatic rings. The number of hydrogen-bond donors (Lipinski definition) is 2. The minimum Gasteiger partial charge on any atom is -0.332 e. The average Bonchev–Trinajstić information content (AvgIpc) is 3.20. The lowest BCUT2D eigenvalue weighted by Crippen LogP contribution is -2.14. The molecule has 0 aliphatic rings. The Morgan fingerprint density at radius 1 is 0.833 bits per heavy atom. The first-order valence-electron chi connectivity index (χ1n) is 9.18. The number of aromatic nitrogens is 1. The Hall–Kier alpha value is -3.58. The van der Waals surface area contributed by atoms with Crippen molar-refractivity contribution < 1.29 is 13.6 Å². The highest BCUT2D eigenvalue weighted by atomic mass is 32.1. The lowest BCUT2D eigenvalue weighted by molar-refractivity contribution is -0.115. The number of carbonyl (C=O) groups excluding carboxylic acids is 1. The minimum atomic E-state index is -0.326. The molecule has 0 aliphatic heterocycles. The largest absolute Gasteiger partial charge is 0.332 e. The first-order chi connectivity index (χ1) is 14.5. The molecule has 0 fully saturated rings. The monoisotopic (exact) mass is 421 g/mol. The van der Waals surface area contributed by atoms with Crippen molar-refractivity contribution in [1.29, 1.82) is 0 Å². The highest BCUT2D eigenvalue weighted by molar-refractivity contribution is 7.14. The van der Waals surface area contributed by atoms with Gasteiger partial charge < -0.3 is 10.6 Å². The second-order valence-electron chi connectivity index (χ2n) is 6.60. The van der Waals surface area contributed by atoms with E-state index in [1.165, 1.54) is 35.6 Å². The van der Waals surface area contributed by atoms with E-state index in [9.17, 15) is 13.6 Å². The van der Waals surface area contributed by atoms with Crippen molar-refractivity contribution in [3.63, 3.8) is 0 Å². The molecule has 0 aliphatic carbocycles. The van der Waals surface area contributed by atoms with E-state index >= 15 is 0 Å². The van der Waals surface area contributed by atoms with Gasteiger partial charge in [0, 0.05) is 22.3 Å². The third-order valence-corrected chi connectivity index (χ3v) is 5.10. The molecule has 0 unspecified atom stereocenters. The third-order valence-electron chi connectivity index (χ3n) is 4.34. The Kier molecular flexibility index (Phi) is 5.81. The zero-order chi connectivity index (χ0) is 20.9. The molecule has 7 heteroatoms. The maximum Gasteiger partial charge on any atom is 0.228 e. The summed E-state index contributed by atoms with van der Waals surface area (Å²) in [5.41, 5.74) is 3.89. The maximum atomic E-state index is 13.0. The van der Waals surface area contributed by atoms with E-state index in [1.54, 1.807) is 24.3 Å². The molecule has 0 bridgehead atoms. The normalized spacial score (nSPS) is 10.6. The van der Waals surface area contributed by atoms with Crippen LogP contribution in [-0.4, -0.2) is 10.9 Å². The van der Waals surface area contributed by atoms with Crippen molar-refractivity contribution in [3.05, 3.63) is 95.4 Å². The standard InChI is InChI=1S/C23H17F2N3OS/c24-17-5-1-15(2-6-17)13-22(29)26-19-9-3-16(4-10-19)21-14-30-23(28-21)27-20-11-7-18(25)8-12-20/h1-12,14H,13H2,(H,26,29)(H,27,28). The van der Waals surface area contributed by atoms with Crippen molar-refractivity contribution in [2.24, 2.45) is 0 Å². The van der Waals surface area contributed by atoms with Crippen molar-refractivity contribution in [1.82, 2.24) is 4.98 Å². The topological polar surface area (TPSA) is 54.0 Å². The molecule has 150 valence electrons. The van der Waals surface area contributed by atoms with E-state index in [2.05, 4.69) is 15.6 Å². The van der Waals surface area contributed by atoms with E-state index in [1.807, 2.05) is 29.6 Å². The Balaban J connectivity index is 1.37. The molecule has 0 radical (unpaired) electrons. The van der Waals surface area contributed by atoms with Gasteiger partial charge in [-0.25, -0.2) is 13.8 Å². The number of nitrogens with one attached hydrogen (secondary N) is 2. The van der Waals surface area contributed by atoms with Gasteiger partial charge in [0.25, 0.3) is 0 Å². The lowest BCUT2D eigenvalue weighted by atomic mass is 10.1. The molecule has 0 atom stereocenters. The van der Waals surface area contributed by atoms with Crippen LogP contribution in [0.3, 0.4) is 0 Å². The number of carbonyl (C=O) groups is 1. The molecule has 1 aromatic heterocycles. The quantitative estimate of drug-likeness (QED) is 0.401.